The first kappa shape index (κ1) is 37.4. The van der Waals surface area contributed by atoms with Crippen LogP contribution in [-0.4, -0.2) is 128 Å². The Hall–Kier alpha value is -5.87. The molecule has 0 bridgehead atoms. The quantitative estimate of drug-likeness (QED) is 0.222. The summed E-state index contributed by atoms with van der Waals surface area (Å²) in [6.07, 6.45) is 10.6. The molecule has 4 fully saturated rings. The summed E-state index contributed by atoms with van der Waals surface area (Å²) in [5.74, 6) is 0.967. The second-order valence-corrected chi connectivity index (χ2v) is 16.9. The molecule has 4 amide bonds. The van der Waals surface area contributed by atoms with Crippen LogP contribution in [0, 0.1) is 5.92 Å². The summed E-state index contributed by atoms with van der Waals surface area (Å²) in [4.78, 5) is 71.4. The van der Waals surface area contributed by atoms with E-state index >= 15 is 0 Å². The number of imidazole rings is 1. The van der Waals surface area contributed by atoms with Gasteiger partial charge in [0, 0.05) is 94.2 Å². The van der Waals surface area contributed by atoms with Crippen LogP contribution in [0.25, 0.3) is 16.6 Å². The van der Waals surface area contributed by atoms with E-state index in [1.807, 2.05) is 58.9 Å². The van der Waals surface area contributed by atoms with Crippen molar-refractivity contribution in [3.8, 4) is 0 Å². The van der Waals surface area contributed by atoms with E-state index in [4.69, 9.17) is 10.1 Å². The third kappa shape index (κ3) is 7.07. The molecular weight excluding hydrogens is 749 g/mol. The maximum atomic E-state index is 13.6. The summed E-state index contributed by atoms with van der Waals surface area (Å²) in [7, 11) is 4.09. The van der Waals surface area contributed by atoms with E-state index in [-0.39, 0.29) is 30.0 Å². The van der Waals surface area contributed by atoms with Gasteiger partial charge in [-0.3, -0.25) is 39.0 Å². The van der Waals surface area contributed by atoms with Gasteiger partial charge in [-0.25, -0.2) is 9.97 Å². The number of aryl methyl sites for hydroxylation is 1. The molecule has 59 heavy (non-hydrogen) atoms. The summed E-state index contributed by atoms with van der Waals surface area (Å²) < 4.78 is 3.84. The zero-order chi connectivity index (χ0) is 40.4. The SMILES string of the molecule is CN1CCC[C@@H]1c1cn2cc(NC(=O)c3ccc4c(c3)c(N3CCC(CN5CCN(c6ccc7c(c6)CN(C6CCC(=O)NC6=O)C7=O)CC5)CC3)nn4C)ncc2n1. The van der Waals surface area contributed by atoms with Gasteiger partial charge in [-0.2, -0.15) is 5.10 Å². The molecule has 0 spiro atoms. The lowest BCUT2D eigenvalue weighted by Crippen LogP contribution is -2.52. The molecule has 2 aromatic carbocycles. The molecule has 10 rings (SSSR count). The summed E-state index contributed by atoms with van der Waals surface area (Å²) in [6, 6.07) is 11.5. The molecule has 16 heteroatoms. The molecule has 5 aliphatic rings. The monoisotopic (exact) mass is 798 g/mol. The zero-order valence-corrected chi connectivity index (χ0v) is 33.6. The Morgan fingerprint density at radius 2 is 1.71 bits per heavy atom. The normalized spacial score (nSPS) is 22.2. The number of piperazine rings is 1. The minimum Gasteiger partial charge on any atom is -0.369 e. The van der Waals surface area contributed by atoms with E-state index < -0.39 is 6.04 Å². The highest BCUT2D eigenvalue weighted by Crippen LogP contribution is 2.34. The van der Waals surface area contributed by atoms with E-state index in [1.165, 1.54) is 6.42 Å². The molecular formula is C43H50N12O4. The second-order valence-electron chi connectivity index (χ2n) is 16.9. The van der Waals surface area contributed by atoms with Crippen LogP contribution in [0.4, 0.5) is 17.3 Å². The number of carbonyl (C=O) groups excluding carboxylic acids is 4. The average molecular weight is 799 g/mol. The minimum absolute atomic E-state index is 0.139. The van der Waals surface area contributed by atoms with Gasteiger partial charge in [-0.15, -0.1) is 0 Å². The molecule has 2 atom stereocenters. The van der Waals surface area contributed by atoms with Crippen LogP contribution in [0.5, 0.6) is 0 Å². The van der Waals surface area contributed by atoms with Gasteiger partial charge in [0.05, 0.1) is 29.6 Å². The van der Waals surface area contributed by atoms with Gasteiger partial charge >= 0.3 is 0 Å². The number of nitrogens with one attached hydrogen (secondary N) is 2. The van der Waals surface area contributed by atoms with Crippen molar-refractivity contribution in [3.63, 3.8) is 0 Å². The number of rotatable bonds is 8. The van der Waals surface area contributed by atoms with Crippen molar-refractivity contribution < 1.29 is 19.2 Å². The predicted molar refractivity (Wildman–Crippen MR) is 222 cm³/mol. The molecule has 1 unspecified atom stereocenters. The van der Waals surface area contributed by atoms with E-state index in [0.717, 1.165) is 111 Å². The standard InChI is InChI=1S/C43H50N12O4/c1-49-13-3-4-35(49)33-25-54-26-37(44-22-38(54)45-33)46-41(57)28-5-8-34-32(21-28)40(48-50(34)2)53-14-11-27(12-15-53)23-51-16-18-52(19-17-51)30-6-7-31-29(20-30)24-55(43(31)59)36-9-10-39(56)47-42(36)58/h5-8,20-22,25-27,35-36H,3-4,9-19,23-24H2,1-2H3,(H,46,57)(H,47,56,58)/t35-,36?/m1/s1. The van der Waals surface area contributed by atoms with Crippen LogP contribution in [0.3, 0.4) is 0 Å². The number of anilines is 3. The number of aromatic nitrogens is 5. The minimum atomic E-state index is -0.604. The molecule has 5 aromatic rings. The van der Waals surface area contributed by atoms with Crippen molar-refractivity contribution in [2.24, 2.45) is 13.0 Å². The molecule has 3 aromatic heterocycles. The molecule has 0 aliphatic carbocycles. The van der Waals surface area contributed by atoms with Crippen molar-refractivity contribution in [3.05, 3.63) is 77.4 Å². The van der Waals surface area contributed by atoms with Gasteiger partial charge < -0.3 is 24.4 Å². The van der Waals surface area contributed by atoms with E-state index in [2.05, 4.69) is 48.3 Å². The third-order valence-electron chi connectivity index (χ3n) is 13.2. The van der Waals surface area contributed by atoms with Crippen LogP contribution >= 0.6 is 0 Å². The fraction of sp³-hybridized carbons (Fsp3) is 0.465. The second kappa shape index (κ2) is 15.1. The molecule has 16 nitrogen and oxygen atoms in total. The highest BCUT2D eigenvalue weighted by molar-refractivity contribution is 6.07. The van der Waals surface area contributed by atoms with Gasteiger partial charge in [-0.1, -0.05) is 0 Å². The smallest absolute Gasteiger partial charge is 0.256 e. The number of benzene rings is 2. The Morgan fingerprint density at radius 3 is 2.49 bits per heavy atom. The largest absolute Gasteiger partial charge is 0.369 e. The van der Waals surface area contributed by atoms with E-state index in [9.17, 15) is 19.2 Å². The van der Waals surface area contributed by atoms with Gasteiger partial charge in [0.1, 0.15) is 11.9 Å². The number of hydrogen-bond acceptors (Lipinski definition) is 11. The molecule has 5 aliphatic heterocycles. The van der Waals surface area contributed by atoms with Gasteiger partial charge in [0.15, 0.2) is 11.5 Å². The Labute approximate surface area is 342 Å². The lowest BCUT2D eigenvalue weighted by Gasteiger charge is -2.39. The topological polar surface area (TPSA) is 157 Å². The maximum Gasteiger partial charge on any atom is 0.256 e. The number of piperidine rings is 2. The van der Waals surface area contributed by atoms with Crippen LogP contribution < -0.4 is 20.4 Å². The number of nitrogens with zero attached hydrogens (tertiary/aromatic N) is 10. The molecule has 306 valence electrons. The predicted octanol–water partition coefficient (Wildman–Crippen LogP) is 3.43. The summed E-state index contributed by atoms with van der Waals surface area (Å²) in [6.45, 7) is 8.10. The first-order chi connectivity index (χ1) is 28.6. The fourth-order valence-corrected chi connectivity index (χ4v) is 9.88. The first-order valence-corrected chi connectivity index (χ1v) is 21.0. The highest BCUT2D eigenvalue weighted by Gasteiger charge is 2.39. The Morgan fingerprint density at radius 1 is 0.881 bits per heavy atom. The van der Waals surface area contributed by atoms with E-state index in [0.29, 0.717) is 41.9 Å². The van der Waals surface area contributed by atoms with Crippen LogP contribution in [0.1, 0.15) is 76.5 Å². The van der Waals surface area contributed by atoms with Crippen molar-refractivity contribution in [2.75, 3.05) is 74.5 Å². The molecule has 0 radical (unpaired) electrons. The fourth-order valence-electron chi connectivity index (χ4n) is 9.88. The number of fused-ring (bicyclic) bond motifs is 3. The average Bonchev–Trinajstić information content (AvgIpc) is 4.02. The lowest BCUT2D eigenvalue weighted by atomic mass is 9.95. The Kier molecular flexibility index (Phi) is 9.55. The highest BCUT2D eigenvalue weighted by atomic mass is 16.2. The molecule has 8 heterocycles. The number of hydrogen-bond donors (Lipinski definition) is 2. The van der Waals surface area contributed by atoms with Crippen molar-refractivity contribution in [1.29, 1.82) is 0 Å². The van der Waals surface area contributed by atoms with E-state index in [1.54, 1.807) is 11.1 Å². The maximum absolute atomic E-state index is 13.6. The summed E-state index contributed by atoms with van der Waals surface area (Å²) in [5, 5.41) is 11.3. The number of imide groups is 1. The zero-order valence-electron chi connectivity index (χ0n) is 33.6. The lowest BCUT2D eigenvalue weighted by molar-refractivity contribution is -0.136. The third-order valence-corrected chi connectivity index (χ3v) is 13.2. The molecule has 4 saturated heterocycles. The number of carbonyl (C=O) groups is 4. The number of amides is 4. The first-order valence-electron chi connectivity index (χ1n) is 21.0. The number of likely N-dealkylation sites (tertiary alicyclic amines) is 1. The van der Waals surface area contributed by atoms with Crippen LogP contribution in [0.15, 0.2) is 55.0 Å². The van der Waals surface area contributed by atoms with Crippen molar-refractivity contribution >= 4 is 57.5 Å². The molecule has 2 N–H and O–H groups in total. The summed E-state index contributed by atoms with van der Waals surface area (Å²) in [5.41, 5.74) is 6.03. The molecule has 0 saturated carbocycles. The van der Waals surface area contributed by atoms with Gasteiger partial charge in [-0.05, 0) is 93.6 Å². The van der Waals surface area contributed by atoms with Crippen LogP contribution in [0.2, 0.25) is 0 Å². The van der Waals surface area contributed by atoms with Gasteiger partial charge in [0.2, 0.25) is 11.8 Å². The van der Waals surface area contributed by atoms with Gasteiger partial charge in [0.25, 0.3) is 11.8 Å². The Bertz CT molecular complexity index is 2480. The Balaban J connectivity index is 0.732. The summed E-state index contributed by atoms with van der Waals surface area (Å²) >= 11 is 0. The van der Waals surface area contributed by atoms with Crippen molar-refractivity contribution in [1.82, 2.24) is 44.2 Å². The van der Waals surface area contributed by atoms with Crippen molar-refractivity contribution in [2.45, 2.75) is 57.2 Å². The van der Waals surface area contributed by atoms with Crippen LogP contribution in [-0.2, 0) is 23.2 Å².